The maximum atomic E-state index is 13.6. The summed E-state index contributed by atoms with van der Waals surface area (Å²) in [6.07, 6.45) is 1.95. The normalized spacial score (nSPS) is 10.5. The van der Waals surface area contributed by atoms with Crippen LogP contribution in [0.1, 0.15) is 18.9 Å². The van der Waals surface area contributed by atoms with Crippen LogP contribution in [0.5, 0.6) is 0 Å². The number of rotatable bonds is 4. The minimum atomic E-state index is -0.279. The molecule has 0 aliphatic heterocycles. The van der Waals surface area contributed by atoms with E-state index in [9.17, 15) is 4.39 Å². The van der Waals surface area contributed by atoms with E-state index in [0.717, 1.165) is 12.7 Å². The highest BCUT2D eigenvalue weighted by Crippen LogP contribution is 2.17. The number of aliphatic hydroxyl groups excluding tert-OH is 1. The van der Waals surface area contributed by atoms with Crippen molar-refractivity contribution in [2.24, 2.45) is 0 Å². The van der Waals surface area contributed by atoms with E-state index >= 15 is 0 Å². The molecule has 1 rings (SSSR count). The van der Waals surface area contributed by atoms with Crippen LogP contribution in [0.15, 0.2) is 12.1 Å². The Morgan fingerprint density at radius 2 is 2.13 bits per heavy atom. The Morgan fingerprint density at radius 1 is 1.47 bits per heavy atom. The number of hydrogen-bond acceptors (Lipinski definition) is 1. The van der Waals surface area contributed by atoms with Gasteiger partial charge < -0.3 is 5.11 Å². The van der Waals surface area contributed by atoms with Gasteiger partial charge in [-0.05, 0) is 17.1 Å². The van der Waals surface area contributed by atoms with Gasteiger partial charge in [0.2, 0.25) is 0 Å². The molecule has 0 saturated carbocycles. The zero-order valence-corrected chi connectivity index (χ0v) is 9.81. The summed E-state index contributed by atoms with van der Waals surface area (Å²) in [5.74, 6) is -0.279. The van der Waals surface area contributed by atoms with Crippen molar-refractivity contribution in [3.05, 3.63) is 28.5 Å². The second-order valence-electron chi connectivity index (χ2n) is 3.81. The smallest absolute Gasteiger partial charge is 0.176 e. The summed E-state index contributed by atoms with van der Waals surface area (Å²) in [6, 6.07) is 2.95. The summed E-state index contributed by atoms with van der Waals surface area (Å²) in [5, 5.41) is 9.33. The molecule has 0 unspecified atom stereocenters. The van der Waals surface area contributed by atoms with Crippen molar-refractivity contribution in [2.75, 3.05) is 0 Å². The summed E-state index contributed by atoms with van der Waals surface area (Å²) in [7, 11) is 0. The fourth-order valence-corrected chi connectivity index (χ4v) is 1.91. The third-order valence-corrected chi connectivity index (χ3v) is 2.94. The summed E-state index contributed by atoms with van der Waals surface area (Å²) in [4.78, 5) is 0. The number of benzene rings is 1. The Labute approximate surface area is 95.3 Å². The first-order chi connectivity index (χ1) is 7.10. The lowest BCUT2D eigenvalue weighted by Gasteiger charge is -2.11. The third-order valence-electron chi connectivity index (χ3n) is 2.59. The highest BCUT2D eigenvalue weighted by atomic mass is 35.5. The minimum absolute atomic E-state index is 0.148. The molecule has 0 atom stereocenters. The molecule has 0 fully saturated rings. The highest BCUT2D eigenvalue weighted by Gasteiger charge is 2.16. The van der Waals surface area contributed by atoms with Crippen molar-refractivity contribution in [3.63, 3.8) is 0 Å². The fraction of sp³-hybridized carbons (Fsp3) is 0.455. The van der Waals surface area contributed by atoms with Gasteiger partial charge in [0.05, 0.1) is 6.61 Å². The summed E-state index contributed by atoms with van der Waals surface area (Å²) >= 11 is 5.78. The first kappa shape index (κ1) is 12.5. The highest BCUT2D eigenvalue weighted by molar-refractivity contribution is 6.72. The van der Waals surface area contributed by atoms with Gasteiger partial charge in [-0.25, -0.2) is 4.39 Å². The molecule has 1 aromatic carbocycles. The Balaban J connectivity index is 3.06. The summed E-state index contributed by atoms with van der Waals surface area (Å²) in [5.41, 5.74) is 1.24. The number of aliphatic hydroxyl groups is 1. The van der Waals surface area contributed by atoms with E-state index in [4.69, 9.17) is 16.7 Å². The van der Waals surface area contributed by atoms with Crippen LogP contribution in [0.25, 0.3) is 0 Å². The van der Waals surface area contributed by atoms with Crippen molar-refractivity contribution in [2.45, 2.75) is 33.1 Å². The van der Waals surface area contributed by atoms with Crippen molar-refractivity contribution >= 4 is 23.8 Å². The van der Waals surface area contributed by atoms with E-state index in [2.05, 4.69) is 6.92 Å². The molecule has 1 aromatic rings. The molecule has 0 spiro atoms. The van der Waals surface area contributed by atoms with Crippen LogP contribution in [-0.4, -0.2) is 11.8 Å². The van der Waals surface area contributed by atoms with Crippen LogP contribution in [0.3, 0.4) is 0 Å². The van der Waals surface area contributed by atoms with E-state index in [0.29, 0.717) is 16.0 Å². The molecule has 0 aliphatic carbocycles. The van der Waals surface area contributed by atoms with Crippen molar-refractivity contribution in [1.82, 2.24) is 0 Å². The molecule has 15 heavy (non-hydrogen) atoms. The van der Waals surface area contributed by atoms with Gasteiger partial charge in [0, 0.05) is 5.02 Å². The minimum Gasteiger partial charge on any atom is -0.392 e. The van der Waals surface area contributed by atoms with Gasteiger partial charge in [-0.2, -0.15) is 0 Å². The van der Waals surface area contributed by atoms with Crippen molar-refractivity contribution in [1.29, 1.82) is 0 Å². The topological polar surface area (TPSA) is 20.2 Å². The second-order valence-corrected chi connectivity index (χ2v) is 4.22. The molecule has 0 aromatic heterocycles. The number of hydrogen-bond donors (Lipinski definition) is 1. The Bertz CT molecular complexity index is 344. The third kappa shape index (κ3) is 2.96. The van der Waals surface area contributed by atoms with Crippen LogP contribution >= 0.6 is 11.6 Å². The molecule has 0 amide bonds. The van der Waals surface area contributed by atoms with Gasteiger partial charge in [0.1, 0.15) is 5.82 Å². The van der Waals surface area contributed by atoms with E-state index in [1.54, 1.807) is 6.07 Å². The zero-order chi connectivity index (χ0) is 11.4. The van der Waals surface area contributed by atoms with Gasteiger partial charge in [-0.15, -0.1) is 0 Å². The average molecular weight is 229 g/mol. The molecule has 4 heteroatoms. The molecule has 0 bridgehead atoms. The van der Waals surface area contributed by atoms with Crippen molar-refractivity contribution < 1.29 is 9.50 Å². The maximum Gasteiger partial charge on any atom is 0.176 e. The first-order valence-corrected chi connectivity index (χ1v) is 5.56. The lowest BCUT2D eigenvalue weighted by Crippen LogP contribution is -2.29. The standard InChI is InChI=1S/C11H15BClFO/c1-3-4-12(2)9-5-8(7-15)10(13)6-11(9)14/h5-6,15H,3-4,7H2,1-2H3. The molecule has 1 nitrogen and oxygen atoms in total. The van der Waals surface area contributed by atoms with Crippen LogP contribution < -0.4 is 5.46 Å². The monoisotopic (exact) mass is 228 g/mol. The molecule has 0 saturated heterocycles. The van der Waals surface area contributed by atoms with E-state index in [1.807, 2.05) is 6.82 Å². The van der Waals surface area contributed by atoms with Gasteiger partial charge in [0.25, 0.3) is 0 Å². The molecular formula is C11H15BClFO. The second kappa shape index (κ2) is 5.52. The maximum absolute atomic E-state index is 13.6. The van der Waals surface area contributed by atoms with Crippen LogP contribution in [0, 0.1) is 5.82 Å². The fourth-order valence-electron chi connectivity index (χ4n) is 1.70. The van der Waals surface area contributed by atoms with Gasteiger partial charge in [-0.3, -0.25) is 0 Å². The predicted octanol–water partition coefficient (Wildman–Crippen LogP) is 2.71. The lowest BCUT2D eigenvalue weighted by molar-refractivity contribution is 0.282. The van der Waals surface area contributed by atoms with Crippen LogP contribution in [0.2, 0.25) is 18.2 Å². The summed E-state index contributed by atoms with van der Waals surface area (Å²) < 4.78 is 13.6. The molecule has 82 valence electrons. The molecule has 0 heterocycles. The van der Waals surface area contributed by atoms with Crippen LogP contribution in [0.4, 0.5) is 4.39 Å². The van der Waals surface area contributed by atoms with Gasteiger partial charge in [-0.1, -0.05) is 44.2 Å². The van der Waals surface area contributed by atoms with E-state index in [-0.39, 0.29) is 19.1 Å². The first-order valence-electron chi connectivity index (χ1n) is 5.18. The zero-order valence-electron chi connectivity index (χ0n) is 9.06. The average Bonchev–Trinajstić information content (AvgIpc) is 2.18. The Morgan fingerprint density at radius 3 is 2.67 bits per heavy atom. The predicted molar refractivity (Wildman–Crippen MR) is 63.7 cm³/mol. The Kier molecular flexibility index (Phi) is 4.61. The lowest BCUT2D eigenvalue weighted by atomic mass is 9.44. The summed E-state index contributed by atoms with van der Waals surface area (Å²) in [6.45, 7) is 4.07. The van der Waals surface area contributed by atoms with Crippen molar-refractivity contribution in [3.8, 4) is 0 Å². The largest absolute Gasteiger partial charge is 0.392 e. The number of halogens is 2. The molecule has 0 aliphatic rings. The Hall–Kier alpha value is -0.535. The van der Waals surface area contributed by atoms with Gasteiger partial charge in [0.15, 0.2) is 6.71 Å². The van der Waals surface area contributed by atoms with Crippen LogP contribution in [-0.2, 0) is 6.61 Å². The van der Waals surface area contributed by atoms with E-state index < -0.39 is 0 Å². The molecule has 0 radical (unpaired) electrons. The van der Waals surface area contributed by atoms with Gasteiger partial charge >= 0.3 is 0 Å². The molecule has 1 N–H and O–H groups in total. The molecular weight excluding hydrogens is 213 g/mol. The SMILES string of the molecule is CCCB(C)c1cc(CO)c(Cl)cc1F. The quantitative estimate of drug-likeness (QED) is 0.786. The van der Waals surface area contributed by atoms with E-state index in [1.165, 1.54) is 6.07 Å².